The first-order chi connectivity index (χ1) is 4.61. The molecule has 0 aromatic rings. The molecular formula is C8H13NO. The minimum Gasteiger partial charge on any atom is -0.341 e. The second kappa shape index (κ2) is 2.45. The van der Waals surface area contributed by atoms with Gasteiger partial charge in [-0.3, -0.25) is 4.79 Å². The summed E-state index contributed by atoms with van der Waals surface area (Å²) in [5, 5.41) is 0. The molecule has 10 heavy (non-hydrogen) atoms. The number of likely N-dealkylation sites (tertiary alicyclic amines) is 1. The Balaban J connectivity index is 2.76. The molecule has 56 valence electrons. The third-order valence-electron chi connectivity index (χ3n) is 1.93. The minimum absolute atomic E-state index is 0.246. The van der Waals surface area contributed by atoms with Crippen LogP contribution in [0.3, 0.4) is 0 Å². The van der Waals surface area contributed by atoms with Gasteiger partial charge >= 0.3 is 0 Å². The fraction of sp³-hybridized carbons (Fsp3) is 0.625. The van der Waals surface area contributed by atoms with E-state index in [1.54, 1.807) is 4.90 Å². The van der Waals surface area contributed by atoms with Gasteiger partial charge in [-0.15, -0.1) is 0 Å². The fourth-order valence-corrected chi connectivity index (χ4v) is 1.08. The number of allylic oxidation sites excluding steroid dienone is 1. The summed E-state index contributed by atoms with van der Waals surface area (Å²) in [7, 11) is 1.85. The van der Waals surface area contributed by atoms with E-state index in [0.29, 0.717) is 6.42 Å². The fourth-order valence-electron chi connectivity index (χ4n) is 1.08. The maximum absolute atomic E-state index is 11.0. The first-order valence-electron chi connectivity index (χ1n) is 3.50. The van der Waals surface area contributed by atoms with Gasteiger partial charge < -0.3 is 4.90 Å². The first-order valence-corrected chi connectivity index (χ1v) is 3.50. The highest BCUT2D eigenvalue weighted by Gasteiger charge is 2.20. The smallest absolute Gasteiger partial charge is 0.226 e. The lowest BCUT2D eigenvalue weighted by Gasteiger charge is -2.04. The van der Waals surface area contributed by atoms with Crippen LogP contribution in [0.2, 0.25) is 0 Å². The molecule has 2 heteroatoms. The van der Waals surface area contributed by atoms with Crippen LogP contribution in [0.1, 0.15) is 20.3 Å². The molecule has 0 aromatic heterocycles. The number of rotatable bonds is 0. The van der Waals surface area contributed by atoms with Crippen LogP contribution in [-0.2, 0) is 4.79 Å². The van der Waals surface area contributed by atoms with Crippen molar-refractivity contribution in [1.29, 1.82) is 0 Å². The first kappa shape index (κ1) is 7.32. The van der Waals surface area contributed by atoms with Crippen LogP contribution in [0.15, 0.2) is 11.1 Å². The van der Waals surface area contributed by atoms with Crippen LogP contribution in [0.25, 0.3) is 0 Å². The van der Waals surface area contributed by atoms with E-state index in [1.807, 2.05) is 7.05 Å². The van der Waals surface area contributed by atoms with Crippen molar-refractivity contribution in [3.63, 3.8) is 0 Å². The van der Waals surface area contributed by atoms with Crippen molar-refractivity contribution in [3.05, 3.63) is 11.1 Å². The van der Waals surface area contributed by atoms with Crippen molar-refractivity contribution in [2.75, 3.05) is 13.6 Å². The Hall–Kier alpha value is -0.790. The van der Waals surface area contributed by atoms with Crippen LogP contribution < -0.4 is 0 Å². The third-order valence-corrected chi connectivity index (χ3v) is 1.93. The number of amides is 1. The van der Waals surface area contributed by atoms with Gasteiger partial charge in [0.05, 0.1) is 0 Å². The van der Waals surface area contributed by atoms with E-state index in [2.05, 4.69) is 13.8 Å². The van der Waals surface area contributed by atoms with Crippen molar-refractivity contribution >= 4 is 5.91 Å². The second-order valence-electron chi connectivity index (χ2n) is 3.03. The quantitative estimate of drug-likeness (QED) is 0.461. The zero-order chi connectivity index (χ0) is 7.72. The van der Waals surface area contributed by atoms with Gasteiger partial charge in [0, 0.05) is 20.0 Å². The highest BCUT2D eigenvalue weighted by molar-refractivity contribution is 5.82. The molecular weight excluding hydrogens is 126 g/mol. The van der Waals surface area contributed by atoms with Crippen molar-refractivity contribution in [1.82, 2.24) is 4.90 Å². The van der Waals surface area contributed by atoms with Crippen molar-refractivity contribution in [2.45, 2.75) is 20.3 Å². The third kappa shape index (κ3) is 1.20. The molecule has 0 radical (unpaired) electrons. The minimum atomic E-state index is 0.246. The standard InChI is InChI=1S/C8H13NO/c1-6(2)7-4-8(10)9(3)5-7/h4-5H2,1-3H3. The van der Waals surface area contributed by atoms with Gasteiger partial charge in [0.2, 0.25) is 5.91 Å². The number of hydrogen-bond acceptors (Lipinski definition) is 1. The van der Waals surface area contributed by atoms with E-state index in [-0.39, 0.29) is 5.91 Å². The normalized spacial score (nSPS) is 18.5. The molecule has 0 unspecified atom stereocenters. The summed E-state index contributed by atoms with van der Waals surface area (Å²) in [4.78, 5) is 12.7. The molecule has 0 bridgehead atoms. The molecule has 0 aliphatic carbocycles. The number of carbonyl (C=O) groups excluding carboxylic acids is 1. The molecule has 1 aliphatic heterocycles. The second-order valence-corrected chi connectivity index (χ2v) is 3.03. The summed E-state index contributed by atoms with van der Waals surface area (Å²) < 4.78 is 0. The van der Waals surface area contributed by atoms with Gasteiger partial charge in [-0.25, -0.2) is 0 Å². The van der Waals surface area contributed by atoms with Crippen molar-refractivity contribution in [3.8, 4) is 0 Å². The van der Waals surface area contributed by atoms with Gasteiger partial charge in [-0.1, -0.05) is 5.57 Å². The molecule has 0 saturated carbocycles. The molecule has 1 rings (SSSR count). The largest absolute Gasteiger partial charge is 0.341 e. The van der Waals surface area contributed by atoms with Crippen LogP contribution in [-0.4, -0.2) is 24.4 Å². The lowest BCUT2D eigenvalue weighted by Crippen LogP contribution is -2.18. The molecule has 2 nitrogen and oxygen atoms in total. The van der Waals surface area contributed by atoms with Crippen LogP contribution in [0, 0.1) is 0 Å². The lowest BCUT2D eigenvalue weighted by molar-refractivity contribution is -0.126. The number of nitrogens with zero attached hydrogens (tertiary/aromatic N) is 1. The van der Waals surface area contributed by atoms with Gasteiger partial charge in [-0.05, 0) is 19.4 Å². The predicted octanol–water partition coefficient (Wildman–Crippen LogP) is 1.18. The van der Waals surface area contributed by atoms with E-state index in [9.17, 15) is 4.79 Å². The molecule has 0 atom stereocenters. The molecule has 0 spiro atoms. The maximum Gasteiger partial charge on any atom is 0.226 e. The Morgan fingerprint density at radius 2 is 2.10 bits per heavy atom. The average Bonchev–Trinajstić information content (AvgIpc) is 2.13. The summed E-state index contributed by atoms with van der Waals surface area (Å²) >= 11 is 0. The zero-order valence-corrected chi connectivity index (χ0v) is 6.77. The van der Waals surface area contributed by atoms with Crippen LogP contribution >= 0.6 is 0 Å². The van der Waals surface area contributed by atoms with Gasteiger partial charge in [0.1, 0.15) is 0 Å². The van der Waals surface area contributed by atoms with Crippen molar-refractivity contribution in [2.24, 2.45) is 0 Å². The van der Waals surface area contributed by atoms with E-state index < -0.39 is 0 Å². The molecule has 1 amide bonds. The molecule has 0 N–H and O–H groups in total. The highest BCUT2D eigenvalue weighted by Crippen LogP contribution is 2.17. The zero-order valence-electron chi connectivity index (χ0n) is 6.77. The number of hydrogen-bond donors (Lipinski definition) is 0. The Morgan fingerprint density at radius 3 is 2.30 bits per heavy atom. The predicted molar refractivity (Wildman–Crippen MR) is 40.6 cm³/mol. The Kier molecular flexibility index (Phi) is 1.79. The van der Waals surface area contributed by atoms with Gasteiger partial charge in [0.15, 0.2) is 0 Å². The molecule has 0 aromatic carbocycles. The SMILES string of the molecule is CC(C)=C1CC(=O)N(C)C1. The van der Waals surface area contributed by atoms with Gasteiger partial charge in [-0.2, -0.15) is 0 Å². The number of carbonyl (C=O) groups is 1. The monoisotopic (exact) mass is 139 g/mol. The molecule has 1 saturated heterocycles. The van der Waals surface area contributed by atoms with E-state index in [1.165, 1.54) is 11.1 Å². The Morgan fingerprint density at radius 1 is 1.50 bits per heavy atom. The summed E-state index contributed by atoms with van der Waals surface area (Å²) in [5.74, 6) is 0.246. The summed E-state index contributed by atoms with van der Waals surface area (Å²) in [6, 6.07) is 0. The Labute approximate surface area is 61.5 Å². The molecule has 1 fully saturated rings. The van der Waals surface area contributed by atoms with Crippen LogP contribution in [0.4, 0.5) is 0 Å². The number of likely N-dealkylation sites (N-methyl/N-ethyl adjacent to an activating group) is 1. The Bertz CT molecular complexity index is 189. The van der Waals surface area contributed by atoms with Crippen LogP contribution in [0.5, 0.6) is 0 Å². The van der Waals surface area contributed by atoms with E-state index in [4.69, 9.17) is 0 Å². The topological polar surface area (TPSA) is 20.3 Å². The van der Waals surface area contributed by atoms with E-state index >= 15 is 0 Å². The summed E-state index contributed by atoms with van der Waals surface area (Å²) in [5.41, 5.74) is 2.57. The maximum atomic E-state index is 11.0. The molecule has 1 heterocycles. The summed E-state index contributed by atoms with van der Waals surface area (Å²) in [6.07, 6.45) is 0.638. The van der Waals surface area contributed by atoms with Gasteiger partial charge in [0.25, 0.3) is 0 Å². The van der Waals surface area contributed by atoms with E-state index in [0.717, 1.165) is 6.54 Å². The highest BCUT2D eigenvalue weighted by atomic mass is 16.2. The average molecular weight is 139 g/mol. The van der Waals surface area contributed by atoms with Crippen molar-refractivity contribution < 1.29 is 4.79 Å². The summed E-state index contributed by atoms with van der Waals surface area (Å²) in [6.45, 7) is 4.95. The molecule has 1 aliphatic rings. The lowest BCUT2D eigenvalue weighted by atomic mass is 10.1.